The first kappa shape index (κ1) is 28.8. The molecule has 4 aromatic rings. The Bertz CT molecular complexity index is 1700. The highest BCUT2D eigenvalue weighted by atomic mass is 35.5. The minimum atomic E-state index is -5.60. The molecule has 0 radical (unpaired) electrons. The molecular formula is C28H24ClF3N2O6S. The molecule has 2 unspecified atom stereocenters. The van der Waals surface area contributed by atoms with E-state index < -0.39 is 27.6 Å². The molecule has 1 aliphatic rings. The van der Waals surface area contributed by atoms with E-state index in [1.807, 2.05) is 18.2 Å². The lowest BCUT2D eigenvalue weighted by Gasteiger charge is -2.31. The number of halogens is 4. The first-order valence-electron chi connectivity index (χ1n) is 12.3. The number of sulfonamides is 1. The van der Waals surface area contributed by atoms with Gasteiger partial charge in [-0.25, -0.2) is 4.98 Å². The fourth-order valence-electron chi connectivity index (χ4n) is 4.56. The van der Waals surface area contributed by atoms with Crippen LogP contribution in [-0.4, -0.2) is 37.7 Å². The van der Waals surface area contributed by atoms with Crippen LogP contribution in [-0.2, 0) is 23.1 Å². The van der Waals surface area contributed by atoms with E-state index in [4.69, 9.17) is 25.8 Å². The molecule has 0 bridgehead atoms. The summed E-state index contributed by atoms with van der Waals surface area (Å²) >= 11 is 6.07. The highest BCUT2D eigenvalue weighted by Gasteiger charge is 2.46. The van der Waals surface area contributed by atoms with Crippen LogP contribution in [0.3, 0.4) is 0 Å². The van der Waals surface area contributed by atoms with Crippen molar-refractivity contribution in [1.29, 1.82) is 0 Å². The first-order chi connectivity index (χ1) is 19.4. The number of fused-ring (bicyclic) bond motifs is 2. The van der Waals surface area contributed by atoms with Gasteiger partial charge in [-0.1, -0.05) is 23.7 Å². The number of pyridine rings is 1. The average molecular weight is 609 g/mol. The number of alkyl halides is 3. The number of nitrogens with zero attached hydrogens (tertiary/aromatic N) is 1. The van der Waals surface area contributed by atoms with Crippen molar-refractivity contribution in [3.8, 4) is 17.2 Å². The summed E-state index contributed by atoms with van der Waals surface area (Å²) in [4.78, 5) is 4.57. The smallest absolute Gasteiger partial charge is 0.496 e. The van der Waals surface area contributed by atoms with Crippen molar-refractivity contribution in [3.05, 3.63) is 88.6 Å². The molecule has 2 atom stereocenters. The van der Waals surface area contributed by atoms with Gasteiger partial charge in [-0.2, -0.15) is 21.6 Å². The SMILES string of the molecule is COc1ccc(NS(=O)(=O)C(F)(F)F)cc1CC1COc2ccc(OCc3ccc4ccc(Cl)cc4n3)cc2C1O. The molecule has 1 aromatic heterocycles. The van der Waals surface area contributed by atoms with Crippen molar-refractivity contribution in [2.75, 3.05) is 18.4 Å². The molecule has 3 aromatic carbocycles. The number of rotatable bonds is 8. The van der Waals surface area contributed by atoms with E-state index in [9.17, 15) is 26.7 Å². The van der Waals surface area contributed by atoms with Crippen molar-refractivity contribution in [3.63, 3.8) is 0 Å². The Hall–Kier alpha value is -3.74. The second-order valence-corrected chi connectivity index (χ2v) is 11.5. The summed E-state index contributed by atoms with van der Waals surface area (Å²) in [5, 5.41) is 12.7. The lowest BCUT2D eigenvalue weighted by molar-refractivity contribution is -0.0429. The van der Waals surface area contributed by atoms with Crippen LogP contribution < -0.4 is 18.9 Å². The number of ether oxygens (including phenoxy) is 3. The number of anilines is 1. The van der Waals surface area contributed by atoms with E-state index in [1.165, 1.54) is 24.0 Å². The predicted molar refractivity (Wildman–Crippen MR) is 147 cm³/mol. The largest absolute Gasteiger partial charge is 0.516 e. The third-order valence-corrected chi connectivity index (χ3v) is 7.97. The van der Waals surface area contributed by atoms with Gasteiger partial charge in [0.1, 0.15) is 23.9 Å². The van der Waals surface area contributed by atoms with Gasteiger partial charge in [0, 0.05) is 27.6 Å². The summed E-state index contributed by atoms with van der Waals surface area (Å²) in [7, 11) is -4.22. The first-order valence-corrected chi connectivity index (χ1v) is 14.2. The molecule has 8 nitrogen and oxygen atoms in total. The van der Waals surface area contributed by atoms with Crippen LogP contribution in [0, 0.1) is 5.92 Å². The number of methoxy groups -OCH3 is 1. The summed E-state index contributed by atoms with van der Waals surface area (Å²) in [5.41, 5.74) is -3.47. The minimum absolute atomic E-state index is 0.111. The van der Waals surface area contributed by atoms with E-state index in [-0.39, 0.29) is 25.3 Å². The van der Waals surface area contributed by atoms with Crippen molar-refractivity contribution in [2.24, 2.45) is 5.92 Å². The molecule has 0 aliphatic carbocycles. The zero-order chi connectivity index (χ0) is 29.4. The molecule has 2 N–H and O–H groups in total. The van der Waals surface area contributed by atoms with E-state index in [0.717, 1.165) is 17.0 Å². The Labute approximate surface area is 238 Å². The number of aliphatic hydroxyl groups excluding tert-OH is 1. The summed E-state index contributed by atoms with van der Waals surface area (Å²) in [6, 6.07) is 18.0. The lowest BCUT2D eigenvalue weighted by atomic mass is 9.87. The molecule has 41 heavy (non-hydrogen) atoms. The average Bonchev–Trinajstić information content (AvgIpc) is 2.92. The standard InChI is InChI=1S/C28H24ClF3N2O6S/c1-38-25-8-6-20(34-41(36,37)28(30,31)32)11-17(25)10-18-14-40-26-9-7-22(13-23(26)27(18)35)39-15-21-5-3-16-2-4-19(29)12-24(16)33-21/h2-9,11-13,18,27,34-35H,10,14-15H2,1H3. The molecule has 0 spiro atoms. The van der Waals surface area contributed by atoms with Gasteiger partial charge in [0.05, 0.1) is 31.0 Å². The fraction of sp³-hybridized carbons (Fsp3) is 0.250. The molecule has 13 heteroatoms. The van der Waals surface area contributed by atoms with Gasteiger partial charge in [0.15, 0.2) is 0 Å². The van der Waals surface area contributed by atoms with Crippen LogP contribution in [0.15, 0.2) is 66.7 Å². The van der Waals surface area contributed by atoms with Crippen molar-refractivity contribution < 1.29 is 40.9 Å². The zero-order valence-corrected chi connectivity index (χ0v) is 23.1. The number of hydrogen-bond acceptors (Lipinski definition) is 7. The van der Waals surface area contributed by atoms with Crippen LogP contribution in [0.25, 0.3) is 10.9 Å². The Kier molecular flexibility index (Phi) is 7.91. The van der Waals surface area contributed by atoms with Gasteiger partial charge < -0.3 is 19.3 Å². The summed E-state index contributed by atoms with van der Waals surface area (Å²) < 4.78 is 80.3. The second-order valence-electron chi connectivity index (χ2n) is 9.43. The summed E-state index contributed by atoms with van der Waals surface area (Å²) in [5.74, 6) is 0.742. The number of benzene rings is 3. The third kappa shape index (κ3) is 6.29. The Balaban J connectivity index is 1.31. The predicted octanol–water partition coefficient (Wildman–Crippen LogP) is 6.02. The van der Waals surface area contributed by atoms with E-state index in [2.05, 4.69) is 4.98 Å². The van der Waals surface area contributed by atoms with Crippen LogP contribution in [0.2, 0.25) is 5.02 Å². The highest BCUT2D eigenvalue weighted by Crippen LogP contribution is 2.40. The Morgan fingerprint density at radius 2 is 1.88 bits per heavy atom. The Morgan fingerprint density at radius 1 is 1.10 bits per heavy atom. The van der Waals surface area contributed by atoms with Gasteiger partial charge in [-0.3, -0.25) is 4.72 Å². The van der Waals surface area contributed by atoms with Gasteiger partial charge in [-0.15, -0.1) is 0 Å². The molecular weight excluding hydrogens is 585 g/mol. The van der Waals surface area contributed by atoms with Gasteiger partial charge >= 0.3 is 15.5 Å². The number of aromatic nitrogens is 1. The molecule has 2 heterocycles. The van der Waals surface area contributed by atoms with Crippen molar-refractivity contribution in [1.82, 2.24) is 4.98 Å². The molecule has 5 rings (SSSR count). The highest BCUT2D eigenvalue weighted by molar-refractivity contribution is 7.93. The zero-order valence-electron chi connectivity index (χ0n) is 21.5. The van der Waals surface area contributed by atoms with E-state index in [0.29, 0.717) is 39.1 Å². The number of nitrogens with one attached hydrogen (secondary N) is 1. The Morgan fingerprint density at radius 3 is 2.63 bits per heavy atom. The topological polar surface area (TPSA) is 107 Å². The molecule has 216 valence electrons. The monoisotopic (exact) mass is 608 g/mol. The molecule has 1 aliphatic heterocycles. The summed E-state index contributed by atoms with van der Waals surface area (Å²) in [6.45, 7) is 0.277. The fourth-order valence-corrected chi connectivity index (χ4v) is 5.28. The molecule has 0 amide bonds. The van der Waals surface area contributed by atoms with Crippen molar-refractivity contribution in [2.45, 2.75) is 24.6 Å². The van der Waals surface area contributed by atoms with Crippen LogP contribution in [0.5, 0.6) is 17.2 Å². The van der Waals surface area contributed by atoms with Crippen LogP contribution in [0.4, 0.5) is 18.9 Å². The summed E-state index contributed by atoms with van der Waals surface area (Å²) in [6.07, 6.45) is -0.886. The van der Waals surface area contributed by atoms with Crippen LogP contribution >= 0.6 is 11.6 Å². The maximum atomic E-state index is 12.8. The van der Waals surface area contributed by atoms with Crippen LogP contribution in [0.1, 0.15) is 22.9 Å². The molecule has 0 saturated heterocycles. The van der Waals surface area contributed by atoms with Gasteiger partial charge in [-0.05, 0) is 66.6 Å². The van der Waals surface area contributed by atoms with Gasteiger partial charge in [0.2, 0.25) is 0 Å². The normalized spacial score (nSPS) is 17.0. The maximum absolute atomic E-state index is 12.8. The number of aliphatic hydroxyl groups is 1. The van der Waals surface area contributed by atoms with Gasteiger partial charge in [0.25, 0.3) is 0 Å². The van der Waals surface area contributed by atoms with E-state index in [1.54, 1.807) is 30.3 Å². The minimum Gasteiger partial charge on any atom is -0.496 e. The molecule has 0 fully saturated rings. The lowest BCUT2D eigenvalue weighted by Crippen LogP contribution is -2.30. The maximum Gasteiger partial charge on any atom is 0.516 e. The second kappa shape index (κ2) is 11.3. The quantitative estimate of drug-likeness (QED) is 0.252. The third-order valence-electron chi connectivity index (χ3n) is 6.62. The van der Waals surface area contributed by atoms with Crippen molar-refractivity contribution >= 4 is 38.2 Å². The molecule has 0 saturated carbocycles. The van der Waals surface area contributed by atoms with E-state index >= 15 is 0 Å². The number of hydrogen-bond donors (Lipinski definition) is 2.